The molecule has 0 aliphatic rings. The van der Waals surface area contributed by atoms with E-state index in [0.717, 1.165) is 61.8 Å². The van der Waals surface area contributed by atoms with Crippen LogP contribution in [0.25, 0.3) is 0 Å². The maximum atomic E-state index is 12.7. The SMILES string of the molecule is C=C(C)C(=O)OCCCCCCCCCCOc1ccc(C(=O)Oc2ccc(C(=O)Oc3ccc(CC)cc3)cc2)cc1C. The van der Waals surface area contributed by atoms with Crippen LogP contribution in [0.1, 0.15) is 97.1 Å². The van der Waals surface area contributed by atoms with Crippen LogP contribution in [0.3, 0.4) is 0 Å². The molecule has 7 heteroatoms. The van der Waals surface area contributed by atoms with Gasteiger partial charge in [-0.05, 0) is 98.8 Å². The lowest BCUT2D eigenvalue weighted by molar-refractivity contribution is -0.139. The zero-order valence-corrected chi connectivity index (χ0v) is 26.2. The fraction of sp³-hybridized carbons (Fsp3) is 0.378. The number of ether oxygens (including phenoxy) is 4. The molecular formula is C37H44O7. The molecule has 3 rings (SSSR count). The third-order valence-corrected chi connectivity index (χ3v) is 7.13. The number of benzene rings is 3. The Labute approximate surface area is 261 Å². The standard InChI is InChI=1S/C37H44O7/c1-5-29-14-19-32(20-15-29)43-36(39)30-16-21-33(22-17-30)44-37(40)31-18-23-34(28(4)26-31)41-24-12-10-8-6-7-9-11-13-25-42-35(38)27(2)3/h14-23,26H,2,5-13,24-25H2,1,3-4H3. The molecule has 0 aliphatic carbocycles. The Morgan fingerprint density at radius 3 is 1.70 bits per heavy atom. The molecule has 0 atom stereocenters. The summed E-state index contributed by atoms with van der Waals surface area (Å²) < 4.78 is 22.0. The Bertz CT molecular complexity index is 1370. The largest absolute Gasteiger partial charge is 0.493 e. The summed E-state index contributed by atoms with van der Waals surface area (Å²) in [6.07, 6.45) is 9.59. The highest BCUT2D eigenvalue weighted by Gasteiger charge is 2.13. The molecule has 0 spiro atoms. The number of carbonyl (C=O) groups excluding carboxylic acids is 3. The van der Waals surface area contributed by atoms with Gasteiger partial charge in [0.2, 0.25) is 0 Å². The summed E-state index contributed by atoms with van der Waals surface area (Å²) in [6, 6.07) is 18.9. The molecule has 44 heavy (non-hydrogen) atoms. The molecule has 0 aromatic heterocycles. The number of unbranched alkanes of at least 4 members (excludes halogenated alkanes) is 7. The topological polar surface area (TPSA) is 88.1 Å². The number of aryl methyl sites for hydroxylation is 2. The Morgan fingerprint density at radius 2 is 1.16 bits per heavy atom. The summed E-state index contributed by atoms with van der Waals surface area (Å²) in [5.41, 5.74) is 3.24. The smallest absolute Gasteiger partial charge is 0.343 e. The van der Waals surface area contributed by atoms with Crippen molar-refractivity contribution in [1.82, 2.24) is 0 Å². The van der Waals surface area contributed by atoms with Crippen LogP contribution in [-0.2, 0) is 16.0 Å². The molecule has 0 unspecified atom stereocenters. The molecule has 3 aromatic rings. The number of rotatable bonds is 18. The Morgan fingerprint density at radius 1 is 0.659 bits per heavy atom. The average molecular weight is 601 g/mol. The molecule has 0 fully saturated rings. The second-order valence-corrected chi connectivity index (χ2v) is 10.9. The van der Waals surface area contributed by atoms with E-state index in [1.165, 1.54) is 12.8 Å². The summed E-state index contributed by atoms with van der Waals surface area (Å²) in [4.78, 5) is 36.5. The van der Waals surface area contributed by atoms with Crippen molar-refractivity contribution in [3.8, 4) is 17.2 Å². The normalized spacial score (nSPS) is 10.6. The third-order valence-electron chi connectivity index (χ3n) is 7.13. The fourth-order valence-corrected chi connectivity index (χ4v) is 4.46. The monoisotopic (exact) mass is 600 g/mol. The number of hydrogen-bond donors (Lipinski definition) is 0. The van der Waals surface area contributed by atoms with Gasteiger partial charge < -0.3 is 18.9 Å². The molecule has 0 amide bonds. The molecule has 234 valence electrons. The van der Waals surface area contributed by atoms with Gasteiger partial charge in [-0.15, -0.1) is 0 Å². The first-order valence-corrected chi connectivity index (χ1v) is 15.5. The van der Waals surface area contributed by atoms with Crippen LogP contribution in [0.2, 0.25) is 0 Å². The van der Waals surface area contributed by atoms with Gasteiger partial charge in [-0.25, -0.2) is 14.4 Å². The first-order chi connectivity index (χ1) is 21.3. The minimum atomic E-state index is -0.487. The van der Waals surface area contributed by atoms with E-state index < -0.39 is 11.9 Å². The average Bonchev–Trinajstić information content (AvgIpc) is 3.02. The predicted octanol–water partition coefficient (Wildman–Crippen LogP) is 8.61. The van der Waals surface area contributed by atoms with Gasteiger partial charge >= 0.3 is 17.9 Å². The lowest BCUT2D eigenvalue weighted by Gasteiger charge is -2.11. The zero-order valence-electron chi connectivity index (χ0n) is 26.2. The minimum Gasteiger partial charge on any atom is -0.493 e. The van der Waals surface area contributed by atoms with Gasteiger partial charge in [0.15, 0.2) is 0 Å². The molecule has 0 bridgehead atoms. The van der Waals surface area contributed by atoms with Crippen LogP contribution >= 0.6 is 0 Å². The van der Waals surface area contributed by atoms with E-state index in [2.05, 4.69) is 13.5 Å². The van der Waals surface area contributed by atoms with Gasteiger partial charge in [0.05, 0.1) is 24.3 Å². The second kappa shape index (κ2) is 18.3. The third kappa shape index (κ3) is 11.7. The van der Waals surface area contributed by atoms with Crippen LogP contribution in [-0.4, -0.2) is 31.1 Å². The van der Waals surface area contributed by atoms with Crippen LogP contribution in [0, 0.1) is 6.92 Å². The van der Waals surface area contributed by atoms with Crippen LogP contribution in [0.5, 0.6) is 17.2 Å². The van der Waals surface area contributed by atoms with Crippen molar-refractivity contribution in [3.05, 3.63) is 101 Å². The maximum Gasteiger partial charge on any atom is 0.343 e. The summed E-state index contributed by atoms with van der Waals surface area (Å²) in [5, 5.41) is 0. The molecule has 7 nitrogen and oxygen atoms in total. The van der Waals surface area contributed by atoms with E-state index in [0.29, 0.717) is 41.4 Å². The summed E-state index contributed by atoms with van der Waals surface area (Å²) in [6.45, 7) is 10.3. The Balaban J connectivity index is 1.32. The van der Waals surface area contributed by atoms with Crippen molar-refractivity contribution >= 4 is 17.9 Å². The van der Waals surface area contributed by atoms with Gasteiger partial charge in [0, 0.05) is 5.57 Å². The van der Waals surface area contributed by atoms with Crippen molar-refractivity contribution in [3.63, 3.8) is 0 Å². The first kappa shape index (κ1) is 34.1. The zero-order chi connectivity index (χ0) is 31.7. The van der Waals surface area contributed by atoms with Crippen molar-refractivity contribution in [2.75, 3.05) is 13.2 Å². The van der Waals surface area contributed by atoms with Crippen LogP contribution < -0.4 is 14.2 Å². The molecular weight excluding hydrogens is 556 g/mol. The van der Waals surface area contributed by atoms with Crippen LogP contribution in [0.4, 0.5) is 0 Å². The van der Waals surface area contributed by atoms with Crippen LogP contribution in [0.15, 0.2) is 78.9 Å². The molecule has 0 aliphatic heterocycles. The highest BCUT2D eigenvalue weighted by molar-refractivity contribution is 5.93. The highest BCUT2D eigenvalue weighted by atomic mass is 16.5. The minimum absolute atomic E-state index is 0.310. The number of esters is 3. The van der Waals surface area contributed by atoms with E-state index in [1.807, 2.05) is 19.1 Å². The maximum absolute atomic E-state index is 12.7. The first-order valence-electron chi connectivity index (χ1n) is 15.5. The van der Waals surface area contributed by atoms with Crippen molar-refractivity contribution < 1.29 is 33.3 Å². The van der Waals surface area contributed by atoms with Crippen molar-refractivity contribution in [2.45, 2.75) is 78.6 Å². The lowest BCUT2D eigenvalue weighted by Crippen LogP contribution is -2.10. The van der Waals surface area contributed by atoms with E-state index in [1.54, 1.807) is 61.5 Å². The van der Waals surface area contributed by atoms with Gasteiger partial charge in [-0.2, -0.15) is 0 Å². The number of carbonyl (C=O) groups is 3. The van der Waals surface area contributed by atoms with E-state index in [-0.39, 0.29) is 5.97 Å². The predicted molar refractivity (Wildman–Crippen MR) is 172 cm³/mol. The van der Waals surface area contributed by atoms with E-state index in [9.17, 15) is 14.4 Å². The van der Waals surface area contributed by atoms with Gasteiger partial charge in [-0.1, -0.05) is 64.2 Å². The fourth-order valence-electron chi connectivity index (χ4n) is 4.46. The lowest BCUT2D eigenvalue weighted by atomic mass is 10.1. The van der Waals surface area contributed by atoms with E-state index in [4.69, 9.17) is 18.9 Å². The Hall–Kier alpha value is -4.39. The van der Waals surface area contributed by atoms with E-state index >= 15 is 0 Å². The second-order valence-electron chi connectivity index (χ2n) is 10.9. The van der Waals surface area contributed by atoms with Gasteiger partial charge in [0.1, 0.15) is 17.2 Å². The Kier molecular flexibility index (Phi) is 14.2. The van der Waals surface area contributed by atoms with Gasteiger partial charge in [0.25, 0.3) is 0 Å². The molecule has 0 saturated heterocycles. The molecule has 0 N–H and O–H groups in total. The molecule has 0 heterocycles. The summed E-state index contributed by atoms with van der Waals surface area (Å²) in [5.74, 6) is 0.285. The van der Waals surface area contributed by atoms with Gasteiger partial charge in [-0.3, -0.25) is 0 Å². The van der Waals surface area contributed by atoms with Crippen molar-refractivity contribution in [1.29, 1.82) is 0 Å². The summed E-state index contributed by atoms with van der Waals surface area (Å²) >= 11 is 0. The highest BCUT2D eigenvalue weighted by Crippen LogP contribution is 2.22. The number of hydrogen-bond acceptors (Lipinski definition) is 7. The molecule has 0 saturated carbocycles. The quantitative estimate of drug-likeness (QED) is 0.0625. The molecule has 3 aromatic carbocycles. The summed E-state index contributed by atoms with van der Waals surface area (Å²) in [7, 11) is 0. The van der Waals surface area contributed by atoms with Crippen molar-refractivity contribution in [2.24, 2.45) is 0 Å². The molecule has 0 radical (unpaired) electrons.